The zero-order valence-corrected chi connectivity index (χ0v) is 14.6. The molecule has 0 radical (unpaired) electrons. The molecule has 0 amide bonds. The van der Waals surface area contributed by atoms with Crippen molar-refractivity contribution in [3.63, 3.8) is 0 Å². The second-order valence-electron chi connectivity index (χ2n) is 6.14. The van der Waals surface area contributed by atoms with Crippen molar-refractivity contribution >= 4 is 0 Å². The SMILES string of the molecule is Cc1ccc(Oc2ccccc2Oc2ccc(C)c(C)c2)cc1C. The number of aryl methyl sites for hydroxylation is 4. The molecule has 0 N–H and O–H groups in total. The number of para-hydroxylation sites is 2. The molecule has 24 heavy (non-hydrogen) atoms. The molecule has 0 spiro atoms. The standard InChI is InChI=1S/C22H22O2/c1-15-9-11-19(13-17(15)3)23-21-7-5-6-8-22(21)24-20-12-10-16(2)18(4)14-20/h5-14H,1-4H3. The fourth-order valence-corrected chi connectivity index (χ4v) is 2.43. The molecule has 122 valence electrons. The van der Waals surface area contributed by atoms with Crippen molar-refractivity contribution in [1.29, 1.82) is 0 Å². The molecule has 3 rings (SSSR count). The molecule has 0 aliphatic carbocycles. The fraction of sp³-hybridized carbons (Fsp3) is 0.182. The third-order valence-electron chi connectivity index (χ3n) is 4.26. The fourth-order valence-electron chi connectivity index (χ4n) is 2.43. The molecule has 0 aliphatic rings. The molecular formula is C22H22O2. The molecule has 0 fully saturated rings. The van der Waals surface area contributed by atoms with Gasteiger partial charge in [0, 0.05) is 0 Å². The normalized spacial score (nSPS) is 10.5. The molecular weight excluding hydrogens is 296 g/mol. The van der Waals surface area contributed by atoms with Crippen LogP contribution in [0.1, 0.15) is 22.3 Å². The minimum atomic E-state index is 0.707. The third-order valence-corrected chi connectivity index (χ3v) is 4.26. The van der Waals surface area contributed by atoms with Crippen molar-refractivity contribution < 1.29 is 9.47 Å². The lowest BCUT2D eigenvalue weighted by Crippen LogP contribution is -1.92. The van der Waals surface area contributed by atoms with Gasteiger partial charge in [-0.3, -0.25) is 0 Å². The first-order valence-electron chi connectivity index (χ1n) is 8.12. The Morgan fingerprint density at radius 1 is 0.500 bits per heavy atom. The number of benzene rings is 3. The maximum Gasteiger partial charge on any atom is 0.169 e. The van der Waals surface area contributed by atoms with E-state index in [0.29, 0.717) is 11.5 Å². The lowest BCUT2D eigenvalue weighted by atomic mass is 10.1. The summed E-state index contributed by atoms with van der Waals surface area (Å²) in [5.74, 6) is 3.04. The van der Waals surface area contributed by atoms with E-state index in [4.69, 9.17) is 9.47 Å². The van der Waals surface area contributed by atoms with Crippen molar-refractivity contribution in [2.24, 2.45) is 0 Å². The smallest absolute Gasteiger partial charge is 0.169 e. The van der Waals surface area contributed by atoms with Crippen LogP contribution < -0.4 is 9.47 Å². The summed E-state index contributed by atoms with van der Waals surface area (Å²) in [5, 5.41) is 0. The second-order valence-corrected chi connectivity index (χ2v) is 6.14. The molecule has 0 heterocycles. The van der Waals surface area contributed by atoms with E-state index in [1.807, 2.05) is 48.5 Å². The summed E-state index contributed by atoms with van der Waals surface area (Å²) in [4.78, 5) is 0. The van der Waals surface area contributed by atoms with Crippen molar-refractivity contribution in [3.05, 3.63) is 82.9 Å². The monoisotopic (exact) mass is 318 g/mol. The molecule has 0 bridgehead atoms. The van der Waals surface area contributed by atoms with E-state index in [9.17, 15) is 0 Å². The van der Waals surface area contributed by atoms with Crippen LogP contribution in [-0.4, -0.2) is 0 Å². The third kappa shape index (κ3) is 3.60. The Hall–Kier alpha value is -2.74. The summed E-state index contributed by atoms with van der Waals surface area (Å²) in [5.41, 5.74) is 4.92. The van der Waals surface area contributed by atoms with Crippen LogP contribution >= 0.6 is 0 Å². The Bertz CT molecular complexity index is 793. The van der Waals surface area contributed by atoms with Gasteiger partial charge in [-0.2, -0.15) is 0 Å². The van der Waals surface area contributed by atoms with Crippen LogP contribution in [0.2, 0.25) is 0 Å². The van der Waals surface area contributed by atoms with E-state index in [-0.39, 0.29) is 0 Å². The summed E-state index contributed by atoms with van der Waals surface area (Å²) >= 11 is 0. The van der Waals surface area contributed by atoms with Gasteiger partial charge >= 0.3 is 0 Å². The molecule has 0 atom stereocenters. The first-order valence-corrected chi connectivity index (χ1v) is 8.12. The van der Waals surface area contributed by atoms with E-state index in [1.54, 1.807) is 0 Å². The Balaban J connectivity index is 1.87. The Labute approximate surface area is 143 Å². The Kier molecular flexibility index (Phi) is 4.57. The first-order chi connectivity index (χ1) is 11.5. The van der Waals surface area contributed by atoms with Crippen LogP contribution in [0.5, 0.6) is 23.0 Å². The van der Waals surface area contributed by atoms with Crippen molar-refractivity contribution in [2.75, 3.05) is 0 Å². The molecule has 0 unspecified atom stereocenters. The lowest BCUT2D eigenvalue weighted by molar-refractivity contribution is 0.418. The van der Waals surface area contributed by atoms with Crippen LogP contribution in [0.3, 0.4) is 0 Å². The van der Waals surface area contributed by atoms with Crippen LogP contribution in [0.25, 0.3) is 0 Å². The van der Waals surface area contributed by atoms with E-state index in [1.165, 1.54) is 22.3 Å². The molecule has 0 saturated heterocycles. The van der Waals surface area contributed by atoms with Gasteiger partial charge in [-0.25, -0.2) is 0 Å². The number of hydrogen-bond donors (Lipinski definition) is 0. The van der Waals surface area contributed by atoms with E-state index in [2.05, 4.69) is 39.8 Å². The molecule has 0 aromatic heterocycles. The van der Waals surface area contributed by atoms with Gasteiger partial charge in [0.05, 0.1) is 0 Å². The van der Waals surface area contributed by atoms with Gasteiger partial charge in [-0.15, -0.1) is 0 Å². The highest BCUT2D eigenvalue weighted by molar-refractivity contribution is 5.47. The largest absolute Gasteiger partial charge is 0.453 e. The summed E-state index contributed by atoms with van der Waals surface area (Å²) in [6, 6.07) is 19.9. The van der Waals surface area contributed by atoms with Gasteiger partial charge in [0.1, 0.15) is 11.5 Å². The van der Waals surface area contributed by atoms with Gasteiger partial charge in [0.2, 0.25) is 0 Å². The highest BCUT2D eigenvalue weighted by Gasteiger charge is 2.08. The predicted molar refractivity (Wildman–Crippen MR) is 98.4 cm³/mol. The summed E-state index contributed by atoms with van der Waals surface area (Å²) < 4.78 is 12.1. The molecule has 2 nitrogen and oxygen atoms in total. The van der Waals surface area contributed by atoms with Gasteiger partial charge in [0.15, 0.2) is 11.5 Å². The van der Waals surface area contributed by atoms with Crippen LogP contribution in [-0.2, 0) is 0 Å². The molecule has 0 saturated carbocycles. The molecule has 3 aromatic rings. The molecule has 0 aliphatic heterocycles. The summed E-state index contributed by atoms with van der Waals surface area (Å²) in [7, 11) is 0. The van der Waals surface area contributed by atoms with Gasteiger partial charge in [0.25, 0.3) is 0 Å². The van der Waals surface area contributed by atoms with Crippen molar-refractivity contribution in [1.82, 2.24) is 0 Å². The highest BCUT2D eigenvalue weighted by atomic mass is 16.5. The number of hydrogen-bond acceptors (Lipinski definition) is 2. The van der Waals surface area contributed by atoms with Gasteiger partial charge < -0.3 is 9.47 Å². The van der Waals surface area contributed by atoms with Crippen LogP contribution in [0.15, 0.2) is 60.7 Å². The van der Waals surface area contributed by atoms with Crippen LogP contribution in [0, 0.1) is 27.7 Å². The maximum absolute atomic E-state index is 6.05. The van der Waals surface area contributed by atoms with E-state index >= 15 is 0 Å². The highest BCUT2D eigenvalue weighted by Crippen LogP contribution is 2.35. The van der Waals surface area contributed by atoms with Crippen molar-refractivity contribution in [3.8, 4) is 23.0 Å². The zero-order valence-electron chi connectivity index (χ0n) is 14.6. The Morgan fingerprint density at radius 3 is 1.29 bits per heavy atom. The molecule has 3 aromatic carbocycles. The second kappa shape index (κ2) is 6.79. The summed E-state index contributed by atoms with van der Waals surface area (Å²) in [6.07, 6.45) is 0. The number of ether oxygens (including phenoxy) is 2. The van der Waals surface area contributed by atoms with Crippen LogP contribution in [0.4, 0.5) is 0 Å². The average Bonchev–Trinajstić information content (AvgIpc) is 2.56. The van der Waals surface area contributed by atoms with E-state index < -0.39 is 0 Å². The van der Waals surface area contributed by atoms with E-state index in [0.717, 1.165) is 11.5 Å². The minimum absolute atomic E-state index is 0.707. The molecule has 2 heteroatoms. The predicted octanol–water partition coefficient (Wildman–Crippen LogP) is 6.50. The summed E-state index contributed by atoms with van der Waals surface area (Å²) in [6.45, 7) is 8.35. The quantitative estimate of drug-likeness (QED) is 0.546. The van der Waals surface area contributed by atoms with Gasteiger partial charge in [-0.1, -0.05) is 24.3 Å². The lowest BCUT2D eigenvalue weighted by Gasteiger charge is -2.13. The average molecular weight is 318 g/mol. The Morgan fingerprint density at radius 2 is 0.917 bits per heavy atom. The zero-order chi connectivity index (χ0) is 17.1. The first kappa shape index (κ1) is 16.1. The van der Waals surface area contributed by atoms with Crippen molar-refractivity contribution in [2.45, 2.75) is 27.7 Å². The number of rotatable bonds is 4. The van der Waals surface area contributed by atoms with Gasteiger partial charge in [-0.05, 0) is 86.3 Å². The minimum Gasteiger partial charge on any atom is -0.453 e. The maximum atomic E-state index is 6.05. The topological polar surface area (TPSA) is 18.5 Å².